The molecule has 1 aromatic heterocycles. The highest BCUT2D eigenvalue weighted by Gasteiger charge is 2.20. The molecule has 20 heavy (non-hydrogen) atoms. The predicted octanol–water partition coefficient (Wildman–Crippen LogP) is 4.44. The molecule has 1 aliphatic heterocycles. The van der Waals surface area contributed by atoms with E-state index in [0.717, 1.165) is 21.6 Å². The van der Waals surface area contributed by atoms with E-state index in [9.17, 15) is 4.79 Å². The standard InChI is InChI=1S/C16H14BrNOS/c17-15-7-6-14(20-15)16(19)18-10-8-13(9-11-18)12-4-2-1-3-5-12/h1-8H,9-11H2. The molecule has 0 N–H and O–H groups in total. The molecule has 0 spiro atoms. The molecule has 0 aliphatic carbocycles. The Morgan fingerprint density at radius 2 is 1.95 bits per heavy atom. The van der Waals surface area contributed by atoms with E-state index in [1.807, 2.05) is 23.1 Å². The smallest absolute Gasteiger partial charge is 0.264 e. The molecule has 1 amide bonds. The maximum atomic E-state index is 12.3. The lowest BCUT2D eigenvalue weighted by Crippen LogP contribution is -2.34. The van der Waals surface area contributed by atoms with Gasteiger partial charge in [-0.3, -0.25) is 4.79 Å². The van der Waals surface area contributed by atoms with Gasteiger partial charge in [-0.2, -0.15) is 0 Å². The van der Waals surface area contributed by atoms with Gasteiger partial charge in [0.15, 0.2) is 0 Å². The Kier molecular flexibility index (Phi) is 4.03. The molecule has 0 atom stereocenters. The zero-order chi connectivity index (χ0) is 13.9. The molecular weight excluding hydrogens is 334 g/mol. The van der Waals surface area contributed by atoms with Gasteiger partial charge in [-0.15, -0.1) is 11.3 Å². The Balaban J connectivity index is 1.72. The van der Waals surface area contributed by atoms with Gasteiger partial charge in [-0.25, -0.2) is 0 Å². The number of halogens is 1. The molecule has 2 heterocycles. The van der Waals surface area contributed by atoms with E-state index in [4.69, 9.17) is 0 Å². The molecule has 4 heteroatoms. The van der Waals surface area contributed by atoms with Crippen LogP contribution < -0.4 is 0 Å². The molecule has 1 aliphatic rings. The molecule has 2 aromatic rings. The summed E-state index contributed by atoms with van der Waals surface area (Å²) in [5.74, 6) is 0.129. The van der Waals surface area contributed by atoms with Gasteiger partial charge >= 0.3 is 0 Å². The van der Waals surface area contributed by atoms with Crippen molar-refractivity contribution in [3.8, 4) is 0 Å². The fourth-order valence-corrected chi connectivity index (χ4v) is 3.71. The summed E-state index contributed by atoms with van der Waals surface area (Å²) in [4.78, 5) is 15.0. The molecule has 2 nitrogen and oxygen atoms in total. The summed E-state index contributed by atoms with van der Waals surface area (Å²) in [6.07, 6.45) is 3.09. The van der Waals surface area contributed by atoms with Crippen LogP contribution in [0.5, 0.6) is 0 Å². The topological polar surface area (TPSA) is 20.3 Å². The molecule has 0 saturated carbocycles. The van der Waals surface area contributed by atoms with Crippen molar-refractivity contribution in [3.05, 3.63) is 62.8 Å². The van der Waals surface area contributed by atoms with Crippen molar-refractivity contribution in [2.45, 2.75) is 6.42 Å². The summed E-state index contributed by atoms with van der Waals surface area (Å²) >= 11 is 4.89. The van der Waals surface area contributed by atoms with Crippen molar-refractivity contribution in [2.75, 3.05) is 13.1 Å². The second-order valence-corrected chi connectivity index (χ2v) is 7.16. The average molecular weight is 348 g/mol. The summed E-state index contributed by atoms with van der Waals surface area (Å²) in [6.45, 7) is 1.48. The quantitative estimate of drug-likeness (QED) is 0.786. The van der Waals surface area contributed by atoms with Crippen LogP contribution in [0, 0.1) is 0 Å². The second-order valence-electron chi connectivity index (χ2n) is 4.70. The van der Waals surface area contributed by atoms with E-state index < -0.39 is 0 Å². The third kappa shape index (κ3) is 2.86. The maximum Gasteiger partial charge on any atom is 0.264 e. The van der Waals surface area contributed by atoms with Crippen LogP contribution in [0.15, 0.2) is 52.3 Å². The highest BCUT2D eigenvalue weighted by Crippen LogP contribution is 2.26. The minimum absolute atomic E-state index is 0.129. The van der Waals surface area contributed by atoms with Gasteiger partial charge in [0.25, 0.3) is 5.91 Å². The van der Waals surface area contributed by atoms with Crippen molar-refractivity contribution < 1.29 is 4.79 Å². The monoisotopic (exact) mass is 347 g/mol. The van der Waals surface area contributed by atoms with Gasteiger partial charge in [-0.1, -0.05) is 36.4 Å². The Labute approximate surface area is 130 Å². The predicted molar refractivity (Wildman–Crippen MR) is 87.0 cm³/mol. The minimum Gasteiger partial charge on any atom is -0.334 e. The summed E-state index contributed by atoms with van der Waals surface area (Å²) in [7, 11) is 0. The van der Waals surface area contributed by atoms with Crippen LogP contribution in [0.1, 0.15) is 21.7 Å². The summed E-state index contributed by atoms with van der Waals surface area (Å²) in [5.41, 5.74) is 2.60. The molecule has 102 valence electrons. The molecule has 1 aromatic carbocycles. The third-order valence-electron chi connectivity index (χ3n) is 3.42. The first-order valence-corrected chi connectivity index (χ1v) is 8.14. The van der Waals surface area contributed by atoms with E-state index in [1.165, 1.54) is 22.5 Å². The van der Waals surface area contributed by atoms with Gasteiger partial charge < -0.3 is 4.90 Å². The van der Waals surface area contributed by atoms with Gasteiger partial charge in [0.05, 0.1) is 8.66 Å². The van der Waals surface area contributed by atoms with Crippen molar-refractivity contribution >= 4 is 38.7 Å². The number of carbonyl (C=O) groups is 1. The molecule has 0 fully saturated rings. The van der Waals surface area contributed by atoms with Crippen molar-refractivity contribution in [1.82, 2.24) is 4.90 Å². The zero-order valence-electron chi connectivity index (χ0n) is 10.9. The fourth-order valence-electron chi connectivity index (χ4n) is 2.35. The highest BCUT2D eigenvalue weighted by atomic mass is 79.9. The maximum absolute atomic E-state index is 12.3. The van der Waals surface area contributed by atoms with Gasteiger partial charge in [0.1, 0.15) is 0 Å². The number of hydrogen-bond donors (Lipinski definition) is 0. The van der Waals surface area contributed by atoms with Crippen molar-refractivity contribution in [3.63, 3.8) is 0 Å². The number of carbonyl (C=O) groups excluding carboxylic acids is 1. The molecule has 0 bridgehead atoms. The normalized spacial score (nSPS) is 15.1. The van der Waals surface area contributed by atoms with Crippen LogP contribution in [0.3, 0.4) is 0 Å². The first-order chi connectivity index (χ1) is 9.74. The van der Waals surface area contributed by atoms with Crippen LogP contribution in [0.4, 0.5) is 0 Å². The van der Waals surface area contributed by atoms with Crippen LogP contribution in [-0.4, -0.2) is 23.9 Å². The Hall–Kier alpha value is -1.39. The highest BCUT2D eigenvalue weighted by molar-refractivity contribution is 9.11. The van der Waals surface area contributed by atoms with E-state index in [2.05, 4.69) is 46.3 Å². The minimum atomic E-state index is 0.129. The van der Waals surface area contributed by atoms with E-state index in [1.54, 1.807) is 0 Å². The number of nitrogens with zero attached hydrogens (tertiary/aromatic N) is 1. The lowest BCUT2D eigenvalue weighted by atomic mass is 9.99. The molecule has 3 rings (SSSR count). The third-order valence-corrected chi connectivity index (χ3v) is 5.04. The van der Waals surface area contributed by atoms with Crippen molar-refractivity contribution in [1.29, 1.82) is 0 Å². The first-order valence-electron chi connectivity index (χ1n) is 6.53. The number of benzene rings is 1. The largest absolute Gasteiger partial charge is 0.334 e. The van der Waals surface area contributed by atoms with Crippen LogP contribution in [0.2, 0.25) is 0 Å². The summed E-state index contributed by atoms with van der Waals surface area (Å²) in [5, 5.41) is 0. The molecule has 0 saturated heterocycles. The number of hydrogen-bond acceptors (Lipinski definition) is 2. The zero-order valence-corrected chi connectivity index (χ0v) is 13.3. The van der Waals surface area contributed by atoms with E-state index in [-0.39, 0.29) is 5.91 Å². The van der Waals surface area contributed by atoms with Crippen LogP contribution >= 0.6 is 27.3 Å². The SMILES string of the molecule is O=C(c1ccc(Br)s1)N1CC=C(c2ccccc2)CC1. The Bertz CT molecular complexity index is 648. The summed E-state index contributed by atoms with van der Waals surface area (Å²) in [6, 6.07) is 14.2. The first kappa shape index (κ1) is 13.6. The average Bonchev–Trinajstić information content (AvgIpc) is 2.94. The van der Waals surface area contributed by atoms with E-state index >= 15 is 0 Å². The second kappa shape index (κ2) is 5.94. The Morgan fingerprint density at radius 1 is 1.15 bits per heavy atom. The number of rotatable bonds is 2. The number of thiophene rings is 1. The lowest BCUT2D eigenvalue weighted by molar-refractivity contribution is 0.0777. The Morgan fingerprint density at radius 3 is 2.55 bits per heavy atom. The van der Waals surface area contributed by atoms with Crippen molar-refractivity contribution in [2.24, 2.45) is 0 Å². The molecule has 0 radical (unpaired) electrons. The fraction of sp³-hybridized carbons (Fsp3) is 0.188. The molecule has 0 unspecified atom stereocenters. The van der Waals surface area contributed by atoms with Gasteiger partial charge in [0, 0.05) is 13.1 Å². The van der Waals surface area contributed by atoms with Crippen LogP contribution in [-0.2, 0) is 0 Å². The lowest BCUT2D eigenvalue weighted by Gasteiger charge is -2.26. The van der Waals surface area contributed by atoms with Gasteiger partial charge in [0.2, 0.25) is 0 Å². The molecular formula is C16H14BrNOS. The van der Waals surface area contributed by atoms with E-state index in [0.29, 0.717) is 6.54 Å². The number of amides is 1. The van der Waals surface area contributed by atoms with Crippen LogP contribution in [0.25, 0.3) is 5.57 Å². The summed E-state index contributed by atoms with van der Waals surface area (Å²) < 4.78 is 0.998. The van der Waals surface area contributed by atoms with Gasteiger partial charge in [-0.05, 0) is 45.6 Å².